The summed E-state index contributed by atoms with van der Waals surface area (Å²) < 4.78 is 0. The molecule has 0 spiro atoms. The lowest BCUT2D eigenvalue weighted by Crippen LogP contribution is -2.34. The summed E-state index contributed by atoms with van der Waals surface area (Å²) in [5.41, 5.74) is 4.08. The highest BCUT2D eigenvalue weighted by Gasteiger charge is 2.45. The molecule has 3 nitrogen and oxygen atoms in total. The first-order valence-corrected chi connectivity index (χ1v) is 11.9. The number of carbonyl (C=O) groups excluding carboxylic acids is 1. The maximum atomic E-state index is 13.1. The van der Waals surface area contributed by atoms with Crippen molar-refractivity contribution in [3.63, 3.8) is 0 Å². The van der Waals surface area contributed by atoms with Crippen molar-refractivity contribution in [3.05, 3.63) is 30.3 Å². The van der Waals surface area contributed by atoms with E-state index in [0.717, 1.165) is 25.1 Å². The summed E-state index contributed by atoms with van der Waals surface area (Å²) in [6.07, 6.45) is 17.5. The van der Waals surface area contributed by atoms with Gasteiger partial charge in [-0.05, 0) is 25.0 Å². The number of nitrogens with zero attached hydrogens (tertiary/aromatic N) is 1. The van der Waals surface area contributed by atoms with Gasteiger partial charge in [0.05, 0.1) is 17.6 Å². The van der Waals surface area contributed by atoms with Crippen LogP contribution in [-0.2, 0) is 4.79 Å². The van der Waals surface area contributed by atoms with E-state index in [-0.39, 0.29) is 11.3 Å². The molecule has 1 saturated heterocycles. The lowest BCUT2D eigenvalue weighted by atomic mass is 9.77. The number of hydrogen-bond acceptors (Lipinski definition) is 2. The first-order valence-electron chi connectivity index (χ1n) is 11.9. The molecule has 1 aliphatic rings. The monoisotopic (exact) mass is 386 g/mol. The molecule has 1 N–H and O–H groups in total. The van der Waals surface area contributed by atoms with Gasteiger partial charge in [-0.15, -0.1) is 0 Å². The lowest BCUT2D eigenvalue weighted by Gasteiger charge is -2.26. The molecule has 0 aromatic heterocycles. The molecule has 1 amide bonds. The number of rotatable bonds is 15. The number of unbranched alkanes of at least 4 members (excludes halogenated alkanes) is 10. The quantitative estimate of drug-likeness (QED) is 0.328. The van der Waals surface area contributed by atoms with Crippen molar-refractivity contribution in [2.45, 2.75) is 104 Å². The predicted molar refractivity (Wildman–Crippen MR) is 120 cm³/mol. The Balaban J connectivity index is 1.90. The van der Waals surface area contributed by atoms with E-state index >= 15 is 0 Å². The number of para-hydroxylation sites is 1. The number of anilines is 1. The molecular formula is C25H42N2O. The van der Waals surface area contributed by atoms with E-state index in [9.17, 15) is 4.79 Å². The zero-order chi connectivity index (χ0) is 20.1. The van der Waals surface area contributed by atoms with Crippen molar-refractivity contribution in [1.82, 2.24) is 5.43 Å². The normalized spacial score (nSPS) is 15.8. The van der Waals surface area contributed by atoms with Crippen molar-refractivity contribution >= 4 is 11.6 Å². The van der Waals surface area contributed by atoms with Crippen molar-refractivity contribution in [3.8, 4) is 0 Å². The van der Waals surface area contributed by atoms with Crippen LogP contribution >= 0.6 is 0 Å². The molecule has 1 heterocycles. The van der Waals surface area contributed by atoms with Gasteiger partial charge in [0, 0.05) is 0 Å². The zero-order valence-corrected chi connectivity index (χ0v) is 18.3. The highest BCUT2D eigenvalue weighted by molar-refractivity contribution is 5.88. The Hall–Kier alpha value is -1.51. The van der Waals surface area contributed by atoms with Crippen LogP contribution in [0.3, 0.4) is 0 Å². The molecule has 28 heavy (non-hydrogen) atoms. The Bertz CT molecular complexity index is 527. The lowest BCUT2D eigenvalue weighted by molar-refractivity contribution is -0.128. The molecule has 1 fully saturated rings. The Morgan fingerprint density at radius 3 is 1.82 bits per heavy atom. The Labute approximate surface area is 173 Å². The van der Waals surface area contributed by atoms with E-state index in [1.54, 1.807) is 0 Å². The molecule has 0 aliphatic carbocycles. The highest BCUT2D eigenvalue weighted by atomic mass is 16.2. The molecule has 0 radical (unpaired) electrons. The van der Waals surface area contributed by atoms with Crippen LogP contribution in [-0.4, -0.2) is 12.5 Å². The minimum Gasteiger partial charge on any atom is -0.284 e. The summed E-state index contributed by atoms with van der Waals surface area (Å²) in [5, 5.41) is 2.08. The molecule has 158 valence electrons. The third-order valence-electron chi connectivity index (χ3n) is 6.26. The van der Waals surface area contributed by atoms with Gasteiger partial charge in [-0.25, -0.2) is 0 Å². The van der Waals surface area contributed by atoms with Crippen LogP contribution in [0.2, 0.25) is 0 Å². The summed E-state index contributed by atoms with van der Waals surface area (Å²) >= 11 is 0. The van der Waals surface area contributed by atoms with Crippen LogP contribution in [0.1, 0.15) is 104 Å². The molecule has 3 heteroatoms. The summed E-state index contributed by atoms with van der Waals surface area (Å²) in [5.74, 6) is 0.249. The molecular weight excluding hydrogens is 344 g/mol. The smallest absolute Gasteiger partial charge is 0.246 e. The summed E-state index contributed by atoms with van der Waals surface area (Å²) in [6, 6.07) is 10.3. The number of benzene rings is 1. The summed E-state index contributed by atoms with van der Waals surface area (Å²) in [4.78, 5) is 13.1. The predicted octanol–water partition coefficient (Wildman–Crippen LogP) is 7.03. The largest absolute Gasteiger partial charge is 0.284 e. The van der Waals surface area contributed by atoms with Crippen LogP contribution in [0.5, 0.6) is 0 Å². The fraction of sp³-hybridized carbons (Fsp3) is 0.720. The molecule has 1 aliphatic heterocycles. The minimum absolute atomic E-state index is 0.203. The Morgan fingerprint density at radius 1 is 0.786 bits per heavy atom. The van der Waals surface area contributed by atoms with Gasteiger partial charge in [0.1, 0.15) is 0 Å². The Kier molecular flexibility index (Phi) is 10.5. The van der Waals surface area contributed by atoms with E-state index < -0.39 is 0 Å². The van der Waals surface area contributed by atoms with Crippen molar-refractivity contribution in [1.29, 1.82) is 0 Å². The fourth-order valence-electron chi connectivity index (χ4n) is 4.42. The fourth-order valence-corrected chi connectivity index (χ4v) is 4.42. The van der Waals surface area contributed by atoms with Gasteiger partial charge in [0.15, 0.2) is 0 Å². The Morgan fingerprint density at radius 2 is 1.29 bits per heavy atom. The molecule has 0 unspecified atom stereocenters. The first-order chi connectivity index (χ1) is 13.7. The zero-order valence-electron chi connectivity index (χ0n) is 18.3. The third kappa shape index (κ3) is 7.14. The second-order valence-corrected chi connectivity index (χ2v) is 8.68. The molecule has 2 rings (SSSR count). The van der Waals surface area contributed by atoms with Gasteiger partial charge in [-0.3, -0.25) is 15.2 Å². The standard InChI is InChI=1S/C25H42N2O/c1-3-5-7-9-11-16-20-25(21-17-12-10-8-6-4-2)22-27(26-24(25)28)23-18-14-13-15-19-23/h13-15,18-19H,3-12,16-17,20-22H2,1-2H3,(H,26,28). The van der Waals surface area contributed by atoms with Gasteiger partial charge in [-0.2, -0.15) is 0 Å². The van der Waals surface area contributed by atoms with E-state index in [1.165, 1.54) is 77.0 Å². The maximum Gasteiger partial charge on any atom is 0.246 e. The SMILES string of the molecule is CCCCCCCCC1(CCCCCCCC)CN(c2ccccc2)NC1=O. The first kappa shape index (κ1) is 22.8. The van der Waals surface area contributed by atoms with Crippen molar-refractivity contribution in [2.24, 2.45) is 5.41 Å². The van der Waals surface area contributed by atoms with Crippen LogP contribution in [0.4, 0.5) is 5.69 Å². The topological polar surface area (TPSA) is 32.3 Å². The maximum absolute atomic E-state index is 13.1. The van der Waals surface area contributed by atoms with E-state index in [0.29, 0.717) is 0 Å². The second-order valence-electron chi connectivity index (χ2n) is 8.68. The number of hydrazine groups is 1. The summed E-state index contributed by atoms with van der Waals surface area (Å²) in [7, 11) is 0. The highest BCUT2D eigenvalue weighted by Crippen LogP contribution is 2.38. The third-order valence-corrected chi connectivity index (χ3v) is 6.26. The van der Waals surface area contributed by atoms with Gasteiger partial charge in [0.25, 0.3) is 0 Å². The van der Waals surface area contributed by atoms with Gasteiger partial charge < -0.3 is 0 Å². The van der Waals surface area contributed by atoms with Crippen molar-refractivity contribution in [2.75, 3.05) is 11.6 Å². The molecule has 1 aromatic carbocycles. The number of hydrogen-bond donors (Lipinski definition) is 1. The molecule has 0 saturated carbocycles. The number of carbonyl (C=O) groups is 1. The van der Waals surface area contributed by atoms with Crippen LogP contribution in [0, 0.1) is 5.41 Å². The van der Waals surface area contributed by atoms with Gasteiger partial charge in [-0.1, -0.05) is 109 Å². The van der Waals surface area contributed by atoms with Crippen LogP contribution in [0.25, 0.3) is 0 Å². The van der Waals surface area contributed by atoms with Crippen molar-refractivity contribution < 1.29 is 4.79 Å². The van der Waals surface area contributed by atoms with Gasteiger partial charge in [0.2, 0.25) is 5.91 Å². The molecule has 0 atom stereocenters. The summed E-state index contributed by atoms with van der Waals surface area (Å²) in [6.45, 7) is 5.34. The molecule has 1 aromatic rings. The van der Waals surface area contributed by atoms with E-state index in [4.69, 9.17) is 0 Å². The van der Waals surface area contributed by atoms with Gasteiger partial charge >= 0.3 is 0 Å². The van der Waals surface area contributed by atoms with Crippen LogP contribution < -0.4 is 10.4 Å². The van der Waals surface area contributed by atoms with E-state index in [2.05, 4.69) is 36.4 Å². The van der Waals surface area contributed by atoms with Crippen LogP contribution in [0.15, 0.2) is 30.3 Å². The minimum atomic E-state index is -0.203. The average molecular weight is 387 g/mol. The number of amides is 1. The second kappa shape index (κ2) is 12.9. The number of nitrogens with one attached hydrogen (secondary N) is 1. The average Bonchev–Trinajstić information content (AvgIpc) is 3.05. The molecule has 0 bridgehead atoms. The van der Waals surface area contributed by atoms with E-state index in [1.807, 2.05) is 18.2 Å².